The van der Waals surface area contributed by atoms with Crippen LogP contribution in [0.25, 0.3) is 10.2 Å². The molecule has 5 heteroatoms. The molecule has 3 heterocycles. The summed E-state index contributed by atoms with van der Waals surface area (Å²) >= 11 is 1.77. The van der Waals surface area contributed by atoms with E-state index in [1.165, 1.54) is 41.5 Å². The summed E-state index contributed by atoms with van der Waals surface area (Å²) in [5, 5.41) is 1.09. The molecule has 2 fully saturated rings. The Labute approximate surface area is 160 Å². The van der Waals surface area contributed by atoms with Crippen molar-refractivity contribution in [1.82, 2.24) is 9.88 Å². The van der Waals surface area contributed by atoms with Gasteiger partial charge in [-0.1, -0.05) is 30.2 Å². The largest absolute Gasteiger partial charge is 0.347 e. The fourth-order valence-corrected chi connectivity index (χ4v) is 5.57. The summed E-state index contributed by atoms with van der Waals surface area (Å²) < 4.78 is 1.26. The Morgan fingerprint density at radius 2 is 1.85 bits per heavy atom. The molecule has 140 valence electrons. The molecule has 4 rings (SSSR count). The van der Waals surface area contributed by atoms with Gasteiger partial charge in [0.05, 0.1) is 16.1 Å². The summed E-state index contributed by atoms with van der Waals surface area (Å²) in [6.07, 6.45) is 6.97. The molecule has 26 heavy (non-hydrogen) atoms. The Morgan fingerprint density at radius 3 is 2.62 bits per heavy atom. The van der Waals surface area contributed by atoms with Gasteiger partial charge in [-0.15, -0.1) is 0 Å². The summed E-state index contributed by atoms with van der Waals surface area (Å²) in [6, 6.07) is 4.43. The molecule has 4 nitrogen and oxygen atoms in total. The number of nitrogens with zero attached hydrogens (tertiary/aromatic N) is 3. The number of benzene rings is 1. The minimum atomic E-state index is 0.136. The Balaban J connectivity index is 1.51. The van der Waals surface area contributed by atoms with Gasteiger partial charge in [0, 0.05) is 26.2 Å². The molecule has 0 radical (unpaired) electrons. The van der Waals surface area contributed by atoms with Gasteiger partial charge < -0.3 is 9.80 Å². The number of anilines is 1. The first-order valence-corrected chi connectivity index (χ1v) is 10.8. The number of aromatic nitrogens is 1. The topological polar surface area (TPSA) is 36.4 Å². The standard InChI is InChI=1S/C21H29N3OS/c1-15-12-16(2)19-18(13-15)26-21(22-19)24-11-7-8-17(14-24)20(25)23-9-5-3-4-6-10-23/h12-13,17H,3-11,14H2,1-2H3/t17-/m1/s1. The van der Waals surface area contributed by atoms with Crippen molar-refractivity contribution in [3.05, 3.63) is 23.3 Å². The van der Waals surface area contributed by atoms with E-state index < -0.39 is 0 Å². The lowest BCUT2D eigenvalue weighted by Crippen LogP contribution is -2.45. The lowest BCUT2D eigenvalue weighted by Gasteiger charge is -2.34. The Hall–Kier alpha value is -1.62. The van der Waals surface area contributed by atoms with Crippen LogP contribution in [0.3, 0.4) is 0 Å². The maximum Gasteiger partial charge on any atom is 0.227 e. The molecule has 0 unspecified atom stereocenters. The van der Waals surface area contributed by atoms with Crippen molar-refractivity contribution >= 4 is 32.6 Å². The quantitative estimate of drug-likeness (QED) is 0.778. The minimum absolute atomic E-state index is 0.136. The number of aryl methyl sites for hydroxylation is 2. The summed E-state index contributed by atoms with van der Waals surface area (Å²) in [6.45, 7) is 8.03. The van der Waals surface area contributed by atoms with E-state index >= 15 is 0 Å². The van der Waals surface area contributed by atoms with Crippen molar-refractivity contribution < 1.29 is 4.79 Å². The van der Waals surface area contributed by atoms with Crippen LogP contribution in [0.4, 0.5) is 5.13 Å². The number of hydrogen-bond acceptors (Lipinski definition) is 4. The van der Waals surface area contributed by atoms with E-state index in [2.05, 4.69) is 35.8 Å². The lowest BCUT2D eigenvalue weighted by atomic mass is 9.96. The van der Waals surface area contributed by atoms with Crippen LogP contribution in [0.5, 0.6) is 0 Å². The van der Waals surface area contributed by atoms with Crippen molar-refractivity contribution in [1.29, 1.82) is 0 Å². The van der Waals surface area contributed by atoms with Gasteiger partial charge in [-0.25, -0.2) is 4.98 Å². The van der Waals surface area contributed by atoms with E-state index in [0.717, 1.165) is 49.7 Å². The number of likely N-dealkylation sites (tertiary alicyclic amines) is 1. The molecule has 2 aromatic rings. The zero-order valence-electron chi connectivity index (χ0n) is 16.0. The summed E-state index contributed by atoms with van der Waals surface area (Å²) in [5.74, 6) is 0.515. The van der Waals surface area contributed by atoms with Gasteiger partial charge in [0.1, 0.15) is 0 Å². The van der Waals surface area contributed by atoms with Crippen molar-refractivity contribution in [3.8, 4) is 0 Å². The minimum Gasteiger partial charge on any atom is -0.347 e. The van der Waals surface area contributed by atoms with Gasteiger partial charge in [-0.2, -0.15) is 0 Å². The molecular weight excluding hydrogens is 342 g/mol. The van der Waals surface area contributed by atoms with E-state index in [9.17, 15) is 4.79 Å². The van der Waals surface area contributed by atoms with Crippen LogP contribution in [0.15, 0.2) is 12.1 Å². The molecule has 1 atom stereocenters. The molecule has 0 bridgehead atoms. The van der Waals surface area contributed by atoms with Crippen molar-refractivity contribution in [2.45, 2.75) is 52.4 Å². The highest BCUT2D eigenvalue weighted by Gasteiger charge is 2.30. The number of rotatable bonds is 2. The predicted octanol–water partition coefficient (Wildman–Crippen LogP) is 4.53. The number of carbonyl (C=O) groups excluding carboxylic acids is 1. The molecule has 1 aromatic carbocycles. The fourth-order valence-electron chi connectivity index (χ4n) is 4.40. The van der Waals surface area contributed by atoms with E-state index in [1.807, 2.05) is 0 Å². The summed E-state index contributed by atoms with van der Waals surface area (Å²) in [7, 11) is 0. The molecule has 0 spiro atoms. The van der Waals surface area contributed by atoms with E-state index in [1.54, 1.807) is 11.3 Å². The highest BCUT2D eigenvalue weighted by atomic mass is 32.1. The molecule has 1 aromatic heterocycles. The Morgan fingerprint density at radius 1 is 1.08 bits per heavy atom. The number of piperidine rings is 1. The third-order valence-electron chi connectivity index (χ3n) is 5.78. The van der Waals surface area contributed by atoms with Crippen LogP contribution in [-0.2, 0) is 4.79 Å². The van der Waals surface area contributed by atoms with Crippen LogP contribution in [0.2, 0.25) is 0 Å². The van der Waals surface area contributed by atoms with E-state index in [-0.39, 0.29) is 5.92 Å². The first kappa shape index (κ1) is 17.8. The second-order valence-electron chi connectivity index (χ2n) is 7.95. The van der Waals surface area contributed by atoms with Crippen LogP contribution >= 0.6 is 11.3 Å². The zero-order valence-corrected chi connectivity index (χ0v) is 16.8. The van der Waals surface area contributed by atoms with Gasteiger partial charge in [0.15, 0.2) is 5.13 Å². The third-order valence-corrected chi connectivity index (χ3v) is 6.84. The number of hydrogen-bond donors (Lipinski definition) is 0. The fraction of sp³-hybridized carbons (Fsp3) is 0.619. The first-order valence-electron chi connectivity index (χ1n) is 10.0. The van der Waals surface area contributed by atoms with E-state index in [0.29, 0.717) is 5.91 Å². The highest BCUT2D eigenvalue weighted by molar-refractivity contribution is 7.22. The molecule has 2 saturated heterocycles. The van der Waals surface area contributed by atoms with Crippen molar-refractivity contribution in [2.24, 2.45) is 5.92 Å². The third kappa shape index (κ3) is 3.59. The average Bonchev–Trinajstić information content (AvgIpc) is 2.88. The Bertz CT molecular complexity index is 792. The molecular formula is C21H29N3OS. The van der Waals surface area contributed by atoms with Crippen LogP contribution in [0, 0.1) is 19.8 Å². The van der Waals surface area contributed by atoms with Gasteiger partial charge >= 0.3 is 0 Å². The lowest BCUT2D eigenvalue weighted by molar-refractivity contribution is -0.135. The van der Waals surface area contributed by atoms with E-state index in [4.69, 9.17) is 4.98 Å². The normalized spacial score (nSPS) is 21.8. The second-order valence-corrected chi connectivity index (χ2v) is 8.96. The van der Waals surface area contributed by atoms with Gasteiger partial charge in [0.25, 0.3) is 0 Å². The van der Waals surface area contributed by atoms with Crippen LogP contribution in [-0.4, -0.2) is 42.0 Å². The summed E-state index contributed by atoms with van der Waals surface area (Å²) in [4.78, 5) is 22.4. The SMILES string of the molecule is Cc1cc(C)c2nc(N3CCC[C@@H](C(=O)N4CCCCCC4)C3)sc2c1. The molecule has 2 aliphatic heterocycles. The van der Waals surface area contributed by atoms with Crippen LogP contribution in [0.1, 0.15) is 49.7 Å². The van der Waals surface area contributed by atoms with Crippen molar-refractivity contribution in [3.63, 3.8) is 0 Å². The van der Waals surface area contributed by atoms with Gasteiger partial charge in [0.2, 0.25) is 5.91 Å². The molecule has 2 aliphatic rings. The molecule has 1 amide bonds. The van der Waals surface area contributed by atoms with Crippen LogP contribution < -0.4 is 4.90 Å². The molecule has 0 saturated carbocycles. The molecule has 0 N–H and O–H groups in total. The highest BCUT2D eigenvalue weighted by Crippen LogP contribution is 2.34. The second kappa shape index (κ2) is 7.55. The van der Waals surface area contributed by atoms with Gasteiger partial charge in [-0.3, -0.25) is 4.79 Å². The van der Waals surface area contributed by atoms with Crippen molar-refractivity contribution in [2.75, 3.05) is 31.1 Å². The maximum absolute atomic E-state index is 13.0. The first-order chi connectivity index (χ1) is 12.6. The monoisotopic (exact) mass is 371 g/mol. The maximum atomic E-state index is 13.0. The zero-order chi connectivity index (χ0) is 18.1. The number of thiazole rings is 1. The number of fused-ring (bicyclic) bond motifs is 1. The van der Waals surface area contributed by atoms with Gasteiger partial charge in [-0.05, 0) is 56.7 Å². The number of carbonyl (C=O) groups is 1. The molecule has 0 aliphatic carbocycles. The summed E-state index contributed by atoms with van der Waals surface area (Å²) in [5.41, 5.74) is 3.66. The Kier molecular flexibility index (Phi) is 5.16. The average molecular weight is 372 g/mol. The predicted molar refractivity (Wildman–Crippen MR) is 109 cm³/mol. The smallest absolute Gasteiger partial charge is 0.227 e. The number of amides is 1.